The van der Waals surface area contributed by atoms with Crippen molar-refractivity contribution in [3.8, 4) is 5.88 Å². The Morgan fingerprint density at radius 2 is 2.19 bits per heavy atom. The van der Waals surface area contributed by atoms with Crippen molar-refractivity contribution in [3.63, 3.8) is 0 Å². The molecule has 0 spiro atoms. The van der Waals surface area contributed by atoms with Crippen LogP contribution in [0.3, 0.4) is 0 Å². The number of pyridine rings is 1. The highest BCUT2D eigenvalue weighted by Gasteiger charge is 2.13. The van der Waals surface area contributed by atoms with Gasteiger partial charge >= 0.3 is 0 Å². The Bertz CT molecular complexity index is 564. The molecule has 0 saturated carbocycles. The number of ether oxygens (including phenoxy) is 1. The number of hydrogen-bond donors (Lipinski definition) is 2. The van der Waals surface area contributed by atoms with Crippen LogP contribution in [0.25, 0.3) is 0 Å². The number of methoxy groups -OCH3 is 1. The summed E-state index contributed by atoms with van der Waals surface area (Å²) in [6.07, 6.45) is 4.40. The van der Waals surface area contributed by atoms with Crippen LogP contribution in [0.1, 0.15) is 23.9 Å². The third-order valence-corrected chi connectivity index (χ3v) is 3.57. The highest BCUT2D eigenvalue weighted by molar-refractivity contribution is 5.19. The maximum absolute atomic E-state index is 5.69. The van der Waals surface area contributed by atoms with Crippen molar-refractivity contribution in [2.45, 2.75) is 32.2 Å². The lowest BCUT2D eigenvalue weighted by molar-refractivity contribution is 0.397. The predicted octanol–water partition coefficient (Wildman–Crippen LogP) is 1.00. The number of nitrogens with one attached hydrogen (secondary N) is 1. The molecule has 6 heteroatoms. The van der Waals surface area contributed by atoms with Gasteiger partial charge in [-0.05, 0) is 24.5 Å². The quantitative estimate of drug-likeness (QED) is 0.587. The normalized spacial score (nSPS) is 12.4. The van der Waals surface area contributed by atoms with Gasteiger partial charge in [0.1, 0.15) is 0 Å². The van der Waals surface area contributed by atoms with Crippen molar-refractivity contribution < 1.29 is 4.74 Å². The molecule has 1 unspecified atom stereocenters. The Hall–Kier alpha value is -1.92. The van der Waals surface area contributed by atoms with Crippen molar-refractivity contribution >= 4 is 0 Å². The van der Waals surface area contributed by atoms with Gasteiger partial charge in [-0.3, -0.25) is 16.0 Å². The molecule has 0 bridgehead atoms. The van der Waals surface area contributed by atoms with Gasteiger partial charge in [-0.15, -0.1) is 0 Å². The van der Waals surface area contributed by atoms with E-state index in [2.05, 4.69) is 28.5 Å². The summed E-state index contributed by atoms with van der Waals surface area (Å²) in [6, 6.07) is 6.15. The Morgan fingerprint density at radius 3 is 2.71 bits per heavy atom. The molecule has 2 aromatic heterocycles. The van der Waals surface area contributed by atoms with Crippen LogP contribution >= 0.6 is 0 Å². The van der Waals surface area contributed by atoms with Crippen LogP contribution in [-0.2, 0) is 26.3 Å². The van der Waals surface area contributed by atoms with Gasteiger partial charge in [0.05, 0.1) is 12.8 Å². The summed E-state index contributed by atoms with van der Waals surface area (Å²) in [5.41, 5.74) is 6.29. The minimum Gasteiger partial charge on any atom is -0.481 e. The molecule has 0 saturated heterocycles. The number of nitrogens with zero attached hydrogens (tertiary/aromatic N) is 3. The van der Waals surface area contributed by atoms with Crippen LogP contribution in [0.15, 0.2) is 24.4 Å². The second-order valence-electron chi connectivity index (χ2n) is 5.08. The molecule has 0 aromatic carbocycles. The molecule has 3 N–H and O–H groups in total. The zero-order valence-electron chi connectivity index (χ0n) is 12.8. The molecule has 2 heterocycles. The topological polar surface area (TPSA) is 78.0 Å². The molecular formula is C15H23N5O. The van der Waals surface area contributed by atoms with Gasteiger partial charge in [0.25, 0.3) is 0 Å². The van der Waals surface area contributed by atoms with Gasteiger partial charge in [-0.1, -0.05) is 13.0 Å². The number of aryl methyl sites for hydroxylation is 2. The van der Waals surface area contributed by atoms with Crippen LogP contribution in [0, 0.1) is 0 Å². The highest BCUT2D eigenvalue weighted by Crippen LogP contribution is 2.12. The zero-order valence-corrected chi connectivity index (χ0v) is 12.8. The van der Waals surface area contributed by atoms with E-state index in [0.29, 0.717) is 5.88 Å². The second kappa shape index (κ2) is 7.19. The number of aromatic nitrogens is 3. The summed E-state index contributed by atoms with van der Waals surface area (Å²) < 4.78 is 6.99. The molecule has 0 radical (unpaired) electrons. The van der Waals surface area contributed by atoms with E-state index in [-0.39, 0.29) is 6.04 Å². The fourth-order valence-electron chi connectivity index (χ4n) is 2.31. The smallest absolute Gasteiger partial charge is 0.212 e. The first kappa shape index (κ1) is 15.5. The maximum Gasteiger partial charge on any atom is 0.212 e. The van der Waals surface area contributed by atoms with Crippen LogP contribution in [0.5, 0.6) is 5.88 Å². The Labute approximate surface area is 125 Å². The maximum atomic E-state index is 5.69. The standard InChI is InChI=1S/C15H23N5O/c1-4-12-8-14(20(2)19-12)9-13(18-16)7-11-5-6-15(21-3)17-10-11/h5-6,8,10,13,18H,4,7,9,16H2,1-3H3. The van der Waals surface area contributed by atoms with E-state index in [0.717, 1.165) is 30.5 Å². The largest absolute Gasteiger partial charge is 0.481 e. The van der Waals surface area contributed by atoms with E-state index in [1.807, 2.05) is 30.1 Å². The summed E-state index contributed by atoms with van der Waals surface area (Å²) in [5, 5.41) is 4.47. The lowest BCUT2D eigenvalue weighted by Gasteiger charge is -2.16. The average molecular weight is 289 g/mol. The highest BCUT2D eigenvalue weighted by atomic mass is 16.5. The SMILES string of the molecule is CCc1cc(CC(Cc2ccc(OC)nc2)NN)n(C)n1. The fraction of sp³-hybridized carbons (Fsp3) is 0.467. The summed E-state index contributed by atoms with van der Waals surface area (Å²) >= 11 is 0. The van der Waals surface area contributed by atoms with Crippen molar-refractivity contribution in [1.29, 1.82) is 0 Å². The lowest BCUT2D eigenvalue weighted by atomic mass is 10.0. The molecule has 6 nitrogen and oxygen atoms in total. The number of rotatable bonds is 7. The third kappa shape index (κ3) is 4.03. The molecule has 0 fully saturated rings. The summed E-state index contributed by atoms with van der Waals surface area (Å²) in [6.45, 7) is 2.10. The van der Waals surface area contributed by atoms with Crippen molar-refractivity contribution in [2.24, 2.45) is 12.9 Å². The fourth-order valence-corrected chi connectivity index (χ4v) is 2.31. The third-order valence-electron chi connectivity index (χ3n) is 3.57. The van der Waals surface area contributed by atoms with E-state index in [9.17, 15) is 0 Å². The predicted molar refractivity (Wildman–Crippen MR) is 81.9 cm³/mol. The summed E-state index contributed by atoms with van der Waals surface area (Å²) in [7, 11) is 3.58. The Balaban J connectivity index is 2.03. The van der Waals surface area contributed by atoms with Crippen molar-refractivity contribution in [3.05, 3.63) is 41.3 Å². The monoisotopic (exact) mass is 289 g/mol. The molecule has 1 atom stereocenters. The first-order chi connectivity index (χ1) is 10.2. The van der Waals surface area contributed by atoms with E-state index >= 15 is 0 Å². The average Bonchev–Trinajstić information content (AvgIpc) is 2.87. The van der Waals surface area contributed by atoms with Gasteiger partial charge in [0.2, 0.25) is 5.88 Å². The zero-order chi connectivity index (χ0) is 15.2. The van der Waals surface area contributed by atoms with Crippen LogP contribution in [-0.4, -0.2) is 27.9 Å². The molecule has 2 rings (SSSR count). The molecule has 0 aliphatic rings. The molecule has 0 amide bonds. The molecule has 2 aromatic rings. The first-order valence-electron chi connectivity index (χ1n) is 7.13. The summed E-state index contributed by atoms with van der Waals surface area (Å²) in [5.74, 6) is 6.31. The lowest BCUT2D eigenvalue weighted by Crippen LogP contribution is -2.38. The first-order valence-corrected chi connectivity index (χ1v) is 7.13. The van der Waals surface area contributed by atoms with Gasteiger partial charge < -0.3 is 4.74 Å². The van der Waals surface area contributed by atoms with Crippen LogP contribution in [0.4, 0.5) is 0 Å². The molecular weight excluding hydrogens is 266 g/mol. The molecule has 0 aliphatic carbocycles. The Morgan fingerprint density at radius 1 is 1.38 bits per heavy atom. The van der Waals surface area contributed by atoms with Gasteiger partial charge in [-0.25, -0.2) is 4.98 Å². The molecule has 0 aliphatic heterocycles. The number of nitrogens with two attached hydrogens (primary N) is 1. The minimum atomic E-state index is 0.139. The van der Waals surface area contributed by atoms with E-state index in [1.165, 1.54) is 5.69 Å². The Kier molecular flexibility index (Phi) is 5.30. The van der Waals surface area contributed by atoms with E-state index in [4.69, 9.17) is 10.6 Å². The number of hydrogen-bond acceptors (Lipinski definition) is 5. The van der Waals surface area contributed by atoms with Gasteiger partial charge in [0.15, 0.2) is 0 Å². The van der Waals surface area contributed by atoms with E-state index < -0.39 is 0 Å². The molecule has 21 heavy (non-hydrogen) atoms. The van der Waals surface area contributed by atoms with Crippen LogP contribution < -0.4 is 16.0 Å². The second-order valence-corrected chi connectivity index (χ2v) is 5.08. The van der Waals surface area contributed by atoms with Crippen LogP contribution in [0.2, 0.25) is 0 Å². The van der Waals surface area contributed by atoms with E-state index in [1.54, 1.807) is 7.11 Å². The van der Waals surface area contributed by atoms with Gasteiger partial charge in [0, 0.05) is 37.5 Å². The summed E-state index contributed by atoms with van der Waals surface area (Å²) in [4.78, 5) is 4.22. The van der Waals surface area contributed by atoms with Crippen molar-refractivity contribution in [2.75, 3.05) is 7.11 Å². The minimum absolute atomic E-state index is 0.139. The van der Waals surface area contributed by atoms with Gasteiger partial charge in [-0.2, -0.15) is 5.10 Å². The van der Waals surface area contributed by atoms with Crippen molar-refractivity contribution in [1.82, 2.24) is 20.2 Å². The molecule has 114 valence electrons. The number of hydrazine groups is 1.